The Morgan fingerprint density at radius 2 is 2.14 bits per heavy atom. The first-order valence-electron chi connectivity index (χ1n) is 6.79. The van der Waals surface area contributed by atoms with Crippen molar-refractivity contribution in [3.05, 3.63) is 23.8 Å². The van der Waals surface area contributed by atoms with E-state index in [0.717, 1.165) is 27.9 Å². The molecule has 0 radical (unpaired) electrons. The van der Waals surface area contributed by atoms with E-state index in [4.69, 9.17) is 9.47 Å². The Hall–Kier alpha value is -1.60. The molecule has 0 saturated carbocycles. The van der Waals surface area contributed by atoms with Crippen LogP contribution in [0.15, 0.2) is 23.4 Å². The van der Waals surface area contributed by atoms with E-state index in [1.165, 1.54) is 0 Å². The van der Waals surface area contributed by atoms with E-state index >= 15 is 0 Å². The Balaban J connectivity index is 2.14. The van der Waals surface area contributed by atoms with Crippen LogP contribution < -0.4 is 4.74 Å². The van der Waals surface area contributed by atoms with Gasteiger partial charge in [-0.1, -0.05) is 17.8 Å². The van der Waals surface area contributed by atoms with Gasteiger partial charge in [0.25, 0.3) is 0 Å². The Labute approximate surface area is 128 Å². The second-order valence-corrected chi connectivity index (χ2v) is 5.88. The van der Waals surface area contributed by atoms with Gasteiger partial charge in [-0.05, 0) is 48.9 Å². The fourth-order valence-electron chi connectivity index (χ4n) is 1.80. The Bertz CT molecular complexity index is 586. The zero-order valence-corrected chi connectivity index (χ0v) is 13.6. The number of thioether (sulfide) groups is 1. The van der Waals surface area contributed by atoms with Crippen LogP contribution in [0.25, 0.3) is 5.69 Å². The molecular formula is C14H20N4O2S. The molecule has 0 fully saturated rings. The highest BCUT2D eigenvalue weighted by atomic mass is 32.2. The minimum absolute atomic E-state index is 0.235. The van der Waals surface area contributed by atoms with Gasteiger partial charge in [0, 0.05) is 5.75 Å². The summed E-state index contributed by atoms with van der Waals surface area (Å²) in [6.45, 7) is 6.73. The number of methoxy groups -OCH3 is 1. The molecule has 0 N–H and O–H groups in total. The van der Waals surface area contributed by atoms with Gasteiger partial charge in [-0.2, -0.15) is 4.68 Å². The second-order valence-electron chi connectivity index (χ2n) is 4.82. The van der Waals surface area contributed by atoms with Crippen molar-refractivity contribution < 1.29 is 9.47 Å². The summed E-state index contributed by atoms with van der Waals surface area (Å²) in [7, 11) is 1.64. The van der Waals surface area contributed by atoms with Crippen LogP contribution >= 0.6 is 11.8 Å². The highest BCUT2D eigenvalue weighted by molar-refractivity contribution is 7.99. The summed E-state index contributed by atoms with van der Waals surface area (Å²) in [6, 6.07) is 5.92. The normalized spacial score (nSPS) is 11.1. The Kier molecular flexibility index (Phi) is 5.58. The van der Waals surface area contributed by atoms with Crippen LogP contribution in [0.5, 0.6) is 5.75 Å². The molecule has 0 saturated heterocycles. The number of nitrogens with zero attached hydrogens (tertiary/aromatic N) is 4. The third-order valence-electron chi connectivity index (χ3n) is 2.77. The van der Waals surface area contributed by atoms with Gasteiger partial charge in [0.1, 0.15) is 11.4 Å². The third kappa shape index (κ3) is 4.18. The first-order valence-corrected chi connectivity index (χ1v) is 7.78. The molecule has 1 aromatic carbocycles. The molecule has 0 atom stereocenters. The molecule has 6 nitrogen and oxygen atoms in total. The van der Waals surface area contributed by atoms with E-state index in [1.807, 2.05) is 39.0 Å². The molecule has 2 aromatic rings. The zero-order chi connectivity index (χ0) is 15.2. The maximum Gasteiger partial charge on any atom is 0.214 e. The predicted octanol–water partition coefficient (Wildman–Crippen LogP) is 2.50. The monoisotopic (exact) mass is 308 g/mol. The summed E-state index contributed by atoms with van der Waals surface area (Å²) in [6.07, 6.45) is 0.235. The number of hydrogen-bond donors (Lipinski definition) is 0. The van der Waals surface area contributed by atoms with Gasteiger partial charge in [-0.15, -0.1) is 5.10 Å². The van der Waals surface area contributed by atoms with Gasteiger partial charge in [0.15, 0.2) is 0 Å². The van der Waals surface area contributed by atoms with E-state index in [9.17, 15) is 0 Å². The van der Waals surface area contributed by atoms with Crippen LogP contribution in [0.2, 0.25) is 0 Å². The largest absolute Gasteiger partial charge is 0.494 e. The molecule has 0 amide bonds. The number of hydrogen-bond acceptors (Lipinski definition) is 6. The van der Waals surface area contributed by atoms with Crippen molar-refractivity contribution in [3.8, 4) is 11.4 Å². The van der Waals surface area contributed by atoms with Crippen LogP contribution in [-0.2, 0) is 4.74 Å². The lowest BCUT2D eigenvalue weighted by molar-refractivity contribution is 0.0920. The molecule has 1 aromatic heterocycles. The van der Waals surface area contributed by atoms with Gasteiger partial charge in [0.05, 0.1) is 19.8 Å². The molecule has 21 heavy (non-hydrogen) atoms. The topological polar surface area (TPSA) is 62.1 Å². The van der Waals surface area contributed by atoms with Crippen LogP contribution in [0, 0.1) is 6.92 Å². The zero-order valence-electron chi connectivity index (χ0n) is 12.7. The molecule has 0 bridgehead atoms. The maximum absolute atomic E-state index is 5.53. The summed E-state index contributed by atoms with van der Waals surface area (Å²) in [5.41, 5.74) is 1.97. The molecule has 2 rings (SSSR count). The van der Waals surface area contributed by atoms with Crippen molar-refractivity contribution in [3.63, 3.8) is 0 Å². The standard InChI is InChI=1S/C14H20N4O2S/c1-10(2)20-7-8-21-14-15-16-17-18(14)12-9-11(3)5-6-13(12)19-4/h5-6,9-10H,7-8H2,1-4H3. The van der Waals surface area contributed by atoms with Crippen molar-refractivity contribution in [2.24, 2.45) is 0 Å². The van der Waals surface area contributed by atoms with Crippen molar-refractivity contribution in [2.45, 2.75) is 32.0 Å². The average Bonchev–Trinajstić information content (AvgIpc) is 2.91. The summed E-state index contributed by atoms with van der Waals surface area (Å²) < 4.78 is 12.6. The number of aryl methyl sites for hydroxylation is 1. The molecule has 0 unspecified atom stereocenters. The van der Waals surface area contributed by atoms with E-state index < -0.39 is 0 Å². The average molecular weight is 308 g/mol. The molecule has 0 aliphatic rings. The number of benzene rings is 1. The Morgan fingerprint density at radius 1 is 1.33 bits per heavy atom. The lowest BCUT2D eigenvalue weighted by atomic mass is 10.2. The van der Waals surface area contributed by atoms with Gasteiger partial charge in [-0.3, -0.25) is 0 Å². The van der Waals surface area contributed by atoms with Gasteiger partial charge < -0.3 is 9.47 Å². The van der Waals surface area contributed by atoms with Gasteiger partial charge in [-0.25, -0.2) is 0 Å². The van der Waals surface area contributed by atoms with Crippen LogP contribution in [0.4, 0.5) is 0 Å². The highest BCUT2D eigenvalue weighted by Crippen LogP contribution is 2.26. The Morgan fingerprint density at radius 3 is 2.86 bits per heavy atom. The van der Waals surface area contributed by atoms with Gasteiger partial charge in [0.2, 0.25) is 5.16 Å². The van der Waals surface area contributed by atoms with Crippen LogP contribution in [0.3, 0.4) is 0 Å². The summed E-state index contributed by atoms with van der Waals surface area (Å²) >= 11 is 1.56. The van der Waals surface area contributed by atoms with Gasteiger partial charge >= 0.3 is 0 Å². The predicted molar refractivity (Wildman–Crippen MR) is 82.3 cm³/mol. The molecular weight excluding hydrogens is 288 g/mol. The molecule has 1 heterocycles. The van der Waals surface area contributed by atoms with Crippen LogP contribution in [-0.4, -0.2) is 45.8 Å². The van der Waals surface area contributed by atoms with Crippen molar-refractivity contribution in [1.29, 1.82) is 0 Å². The van der Waals surface area contributed by atoms with Crippen molar-refractivity contribution >= 4 is 11.8 Å². The summed E-state index contributed by atoms with van der Waals surface area (Å²) in [5.74, 6) is 1.54. The minimum Gasteiger partial charge on any atom is -0.494 e. The maximum atomic E-state index is 5.53. The second kappa shape index (κ2) is 7.42. The molecule has 0 aliphatic heterocycles. The van der Waals surface area contributed by atoms with E-state index in [0.29, 0.717) is 6.61 Å². The van der Waals surface area contributed by atoms with Crippen molar-refractivity contribution in [2.75, 3.05) is 19.5 Å². The van der Waals surface area contributed by atoms with Crippen molar-refractivity contribution in [1.82, 2.24) is 20.2 Å². The highest BCUT2D eigenvalue weighted by Gasteiger charge is 2.13. The number of rotatable bonds is 7. The first kappa shape index (κ1) is 15.8. The smallest absolute Gasteiger partial charge is 0.214 e. The minimum atomic E-state index is 0.235. The van der Waals surface area contributed by atoms with E-state index in [1.54, 1.807) is 23.6 Å². The van der Waals surface area contributed by atoms with E-state index in [2.05, 4.69) is 15.5 Å². The number of aromatic nitrogens is 4. The molecule has 0 spiro atoms. The quantitative estimate of drug-likeness (QED) is 0.578. The molecule has 0 aliphatic carbocycles. The summed E-state index contributed by atoms with van der Waals surface area (Å²) in [5, 5.41) is 12.6. The number of ether oxygens (including phenoxy) is 2. The number of tetrazole rings is 1. The van der Waals surface area contributed by atoms with E-state index in [-0.39, 0.29) is 6.10 Å². The molecule has 7 heteroatoms. The fourth-order valence-corrected chi connectivity index (χ4v) is 2.52. The lowest BCUT2D eigenvalue weighted by Crippen LogP contribution is -2.07. The third-order valence-corrected chi connectivity index (χ3v) is 3.65. The first-order chi connectivity index (χ1) is 10.1. The van der Waals surface area contributed by atoms with Crippen LogP contribution in [0.1, 0.15) is 19.4 Å². The summed E-state index contributed by atoms with van der Waals surface area (Å²) in [4.78, 5) is 0. The molecule has 114 valence electrons. The SMILES string of the molecule is COc1ccc(C)cc1-n1nnnc1SCCOC(C)C. The lowest BCUT2D eigenvalue weighted by Gasteiger charge is -2.10. The fraction of sp³-hybridized carbons (Fsp3) is 0.500.